The second-order valence-electron chi connectivity index (χ2n) is 4.21. The van der Waals surface area contributed by atoms with Gasteiger partial charge in [-0.25, -0.2) is 4.79 Å². The van der Waals surface area contributed by atoms with Crippen LogP contribution in [0.15, 0.2) is 30.3 Å². The average Bonchev–Trinajstić information content (AvgIpc) is 2.88. The molecule has 4 nitrogen and oxygen atoms in total. The van der Waals surface area contributed by atoms with E-state index in [9.17, 15) is 4.79 Å². The number of nitrogens with one attached hydrogen (secondary N) is 1. The van der Waals surface area contributed by atoms with E-state index in [4.69, 9.17) is 16.3 Å². The number of hydrogen-bond acceptors (Lipinski definition) is 3. The number of nitrogens with zero attached hydrogens (tertiary/aromatic N) is 1. The topological polar surface area (TPSA) is 55.0 Å². The van der Waals surface area contributed by atoms with Gasteiger partial charge >= 0.3 is 5.97 Å². The monoisotopic (exact) mass is 278 g/mol. The molecule has 1 unspecified atom stereocenters. The lowest BCUT2D eigenvalue weighted by Gasteiger charge is -2.09. The predicted molar refractivity (Wildman–Crippen MR) is 73.5 cm³/mol. The molecule has 0 aliphatic heterocycles. The minimum atomic E-state index is -0.414. The summed E-state index contributed by atoms with van der Waals surface area (Å²) in [6.07, 6.45) is 0. The number of hydrogen-bond donors (Lipinski definition) is 1. The summed E-state index contributed by atoms with van der Waals surface area (Å²) in [5.41, 5.74) is 2.21. The van der Waals surface area contributed by atoms with Gasteiger partial charge in [-0.3, -0.25) is 5.10 Å². The number of ether oxygens (including phenoxy) is 1. The lowest BCUT2D eigenvalue weighted by Crippen LogP contribution is -2.04. The van der Waals surface area contributed by atoms with E-state index in [1.165, 1.54) is 0 Å². The summed E-state index contributed by atoms with van der Waals surface area (Å²) in [6, 6.07) is 9.33. The molecule has 0 amide bonds. The zero-order chi connectivity index (χ0) is 13.8. The maximum atomic E-state index is 11.5. The summed E-state index contributed by atoms with van der Waals surface area (Å²) in [7, 11) is 0. The Bertz CT molecular complexity index is 580. The molecule has 1 N–H and O–H groups in total. The number of aromatic amines is 1. The summed E-state index contributed by atoms with van der Waals surface area (Å²) in [6.45, 7) is 4.12. The first-order valence-electron chi connectivity index (χ1n) is 6.09. The fraction of sp³-hybridized carbons (Fsp3) is 0.286. The molecular weight excluding hydrogens is 264 g/mol. The predicted octanol–water partition coefficient (Wildman–Crippen LogP) is 3.39. The van der Waals surface area contributed by atoms with Gasteiger partial charge in [0.1, 0.15) is 0 Å². The molecule has 5 heteroatoms. The molecule has 0 radical (unpaired) electrons. The number of carbonyl (C=O) groups excluding carboxylic acids is 1. The summed E-state index contributed by atoms with van der Waals surface area (Å²) >= 11 is 5.97. The number of esters is 1. The Morgan fingerprint density at radius 2 is 2.26 bits per heavy atom. The van der Waals surface area contributed by atoms with Crippen LogP contribution >= 0.6 is 11.6 Å². The van der Waals surface area contributed by atoms with E-state index >= 15 is 0 Å². The lowest BCUT2D eigenvalue weighted by atomic mass is 9.98. The van der Waals surface area contributed by atoms with Crippen LogP contribution in [0.25, 0.3) is 0 Å². The van der Waals surface area contributed by atoms with Gasteiger partial charge in [0.25, 0.3) is 0 Å². The normalized spacial score (nSPS) is 12.2. The van der Waals surface area contributed by atoms with E-state index < -0.39 is 5.97 Å². The molecule has 0 saturated carbocycles. The Morgan fingerprint density at radius 1 is 1.47 bits per heavy atom. The third-order valence-electron chi connectivity index (χ3n) is 2.90. The number of benzene rings is 1. The third-order valence-corrected chi connectivity index (χ3v) is 3.13. The minimum absolute atomic E-state index is 0.0781. The van der Waals surface area contributed by atoms with E-state index in [2.05, 4.69) is 10.2 Å². The molecule has 2 rings (SSSR count). The molecule has 1 aromatic heterocycles. The van der Waals surface area contributed by atoms with Crippen LogP contribution < -0.4 is 0 Å². The zero-order valence-electron chi connectivity index (χ0n) is 10.8. The number of halogens is 1. The molecule has 100 valence electrons. The minimum Gasteiger partial charge on any atom is -0.461 e. The summed E-state index contributed by atoms with van der Waals surface area (Å²) < 4.78 is 4.90. The van der Waals surface area contributed by atoms with Gasteiger partial charge in [0.15, 0.2) is 5.69 Å². The molecule has 1 aromatic carbocycles. The first-order chi connectivity index (χ1) is 9.11. The van der Waals surface area contributed by atoms with E-state index in [-0.39, 0.29) is 5.92 Å². The van der Waals surface area contributed by atoms with Crippen LogP contribution in [0.5, 0.6) is 0 Å². The molecule has 2 aromatic rings. The molecule has 0 saturated heterocycles. The van der Waals surface area contributed by atoms with Gasteiger partial charge in [-0.05, 0) is 30.7 Å². The van der Waals surface area contributed by atoms with Crippen molar-refractivity contribution in [3.63, 3.8) is 0 Å². The van der Waals surface area contributed by atoms with Gasteiger partial charge in [0.2, 0.25) is 0 Å². The van der Waals surface area contributed by atoms with Crippen molar-refractivity contribution in [3.05, 3.63) is 52.3 Å². The van der Waals surface area contributed by atoms with Crippen LogP contribution in [-0.4, -0.2) is 22.8 Å². The lowest BCUT2D eigenvalue weighted by molar-refractivity contribution is 0.0519. The first-order valence-corrected chi connectivity index (χ1v) is 6.47. The number of H-pyrrole nitrogens is 1. The van der Waals surface area contributed by atoms with Gasteiger partial charge in [-0.15, -0.1) is 0 Å². The van der Waals surface area contributed by atoms with E-state index in [1.807, 2.05) is 31.2 Å². The number of carbonyl (C=O) groups is 1. The highest BCUT2D eigenvalue weighted by atomic mass is 35.5. The standard InChI is InChI=1S/C14H15ClN2O2/c1-3-19-14(18)13-8-12(16-17-13)9(2)10-5-4-6-11(15)7-10/h4-9H,3H2,1-2H3,(H,16,17). The zero-order valence-corrected chi connectivity index (χ0v) is 11.6. The van der Waals surface area contributed by atoms with Crippen LogP contribution in [0, 0.1) is 0 Å². The van der Waals surface area contributed by atoms with Crippen LogP contribution in [0.4, 0.5) is 0 Å². The maximum absolute atomic E-state index is 11.5. The Hall–Kier alpha value is -1.81. The van der Waals surface area contributed by atoms with Crippen molar-refractivity contribution in [2.45, 2.75) is 19.8 Å². The molecule has 0 fully saturated rings. The second kappa shape index (κ2) is 5.89. The Labute approximate surface area is 116 Å². The maximum Gasteiger partial charge on any atom is 0.358 e. The van der Waals surface area contributed by atoms with Gasteiger partial charge in [0, 0.05) is 16.6 Å². The Kier molecular flexibility index (Phi) is 4.22. The van der Waals surface area contributed by atoms with Crippen LogP contribution in [0.2, 0.25) is 5.02 Å². The summed E-state index contributed by atoms with van der Waals surface area (Å²) in [4.78, 5) is 11.5. The fourth-order valence-electron chi connectivity index (χ4n) is 1.82. The van der Waals surface area contributed by atoms with E-state index in [0.29, 0.717) is 17.3 Å². The molecule has 1 heterocycles. The highest BCUT2D eigenvalue weighted by Gasteiger charge is 2.16. The van der Waals surface area contributed by atoms with Crippen molar-refractivity contribution in [2.75, 3.05) is 6.61 Å². The van der Waals surface area contributed by atoms with Gasteiger partial charge in [0.05, 0.1) is 6.61 Å². The summed E-state index contributed by atoms with van der Waals surface area (Å²) in [5.74, 6) is -0.335. The third kappa shape index (κ3) is 3.15. The number of aromatic nitrogens is 2. The molecule has 0 aliphatic carbocycles. The first kappa shape index (κ1) is 13.6. The van der Waals surface area contributed by atoms with Crippen molar-refractivity contribution in [2.24, 2.45) is 0 Å². The molecule has 1 atom stereocenters. The Morgan fingerprint density at radius 3 is 2.95 bits per heavy atom. The highest BCUT2D eigenvalue weighted by Crippen LogP contribution is 2.25. The van der Waals surface area contributed by atoms with Crippen molar-refractivity contribution in [1.29, 1.82) is 0 Å². The van der Waals surface area contributed by atoms with Crippen molar-refractivity contribution in [3.8, 4) is 0 Å². The highest BCUT2D eigenvalue weighted by molar-refractivity contribution is 6.30. The summed E-state index contributed by atoms with van der Waals surface area (Å²) in [5, 5.41) is 7.53. The van der Waals surface area contributed by atoms with E-state index in [1.54, 1.807) is 13.0 Å². The molecular formula is C14H15ClN2O2. The SMILES string of the molecule is CCOC(=O)c1cc(C(C)c2cccc(Cl)c2)[nH]n1. The molecule has 0 bridgehead atoms. The van der Waals surface area contributed by atoms with E-state index in [0.717, 1.165) is 11.3 Å². The van der Waals surface area contributed by atoms with Crippen LogP contribution in [-0.2, 0) is 4.74 Å². The smallest absolute Gasteiger partial charge is 0.358 e. The van der Waals surface area contributed by atoms with Crippen LogP contribution in [0.1, 0.15) is 41.5 Å². The van der Waals surface area contributed by atoms with Gasteiger partial charge < -0.3 is 4.74 Å². The quantitative estimate of drug-likeness (QED) is 0.872. The van der Waals surface area contributed by atoms with Crippen molar-refractivity contribution < 1.29 is 9.53 Å². The molecule has 0 aliphatic rings. The van der Waals surface area contributed by atoms with Gasteiger partial charge in [-0.2, -0.15) is 5.10 Å². The average molecular weight is 279 g/mol. The van der Waals surface area contributed by atoms with Crippen molar-refractivity contribution >= 4 is 17.6 Å². The second-order valence-corrected chi connectivity index (χ2v) is 4.64. The Balaban J connectivity index is 2.20. The molecule has 0 spiro atoms. The largest absolute Gasteiger partial charge is 0.461 e. The van der Waals surface area contributed by atoms with Crippen LogP contribution in [0.3, 0.4) is 0 Å². The number of rotatable bonds is 4. The van der Waals surface area contributed by atoms with Crippen molar-refractivity contribution in [1.82, 2.24) is 10.2 Å². The fourth-order valence-corrected chi connectivity index (χ4v) is 2.02. The van der Waals surface area contributed by atoms with Gasteiger partial charge in [-0.1, -0.05) is 30.7 Å². The molecule has 19 heavy (non-hydrogen) atoms.